The first-order valence-corrected chi connectivity index (χ1v) is 5.75. The van der Waals surface area contributed by atoms with Gasteiger partial charge in [-0.2, -0.15) is 0 Å². The molecular weight excluding hydrogens is 176 g/mol. The summed E-state index contributed by atoms with van der Waals surface area (Å²) in [6, 6.07) is 0.0628. The highest BCUT2D eigenvalue weighted by molar-refractivity contribution is 5.81. The fourth-order valence-electron chi connectivity index (χ4n) is 1.62. The summed E-state index contributed by atoms with van der Waals surface area (Å²) in [5.74, 6) is 0.771. The molecule has 3 heteroatoms. The van der Waals surface area contributed by atoms with Gasteiger partial charge in [0, 0.05) is 6.54 Å². The van der Waals surface area contributed by atoms with Crippen LogP contribution >= 0.6 is 0 Å². The van der Waals surface area contributed by atoms with Crippen LogP contribution in [0.1, 0.15) is 39.5 Å². The first-order chi connectivity index (χ1) is 6.74. The van der Waals surface area contributed by atoms with E-state index >= 15 is 0 Å². The summed E-state index contributed by atoms with van der Waals surface area (Å²) in [4.78, 5) is 11.6. The lowest BCUT2D eigenvalue weighted by molar-refractivity contribution is -0.123. The van der Waals surface area contributed by atoms with E-state index < -0.39 is 0 Å². The van der Waals surface area contributed by atoms with Crippen molar-refractivity contribution in [2.45, 2.75) is 45.6 Å². The fraction of sp³-hybridized carbons (Fsp3) is 0.909. The Kier molecular flexibility index (Phi) is 4.94. The van der Waals surface area contributed by atoms with E-state index in [9.17, 15) is 4.79 Å². The maximum Gasteiger partial charge on any atom is 0.237 e. The number of hydrogen-bond acceptors (Lipinski definition) is 2. The Hall–Kier alpha value is -0.570. The van der Waals surface area contributed by atoms with Crippen LogP contribution in [0.15, 0.2) is 0 Å². The summed E-state index contributed by atoms with van der Waals surface area (Å²) in [5.41, 5.74) is 0. The Balaban J connectivity index is 2.19. The first-order valence-electron chi connectivity index (χ1n) is 5.75. The van der Waals surface area contributed by atoms with E-state index in [2.05, 4.69) is 24.5 Å². The zero-order valence-electron chi connectivity index (χ0n) is 9.31. The molecular formula is C11H22N2O. The summed E-state index contributed by atoms with van der Waals surface area (Å²) >= 11 is 0. The van der Waals surface area contributed by atoms with Crippen molar-refractivity contribution in [3.05, 3.63) is 0 Å². The van der Waals surface area contributed by atoms with E-state index in [0.29, 0.717) is 5.92 Å². The fourth-order valence-corrected chi connectivity index (χ4v) is 1.62. The van der Waals surface area contributed by atoms with Crippen molar-refractivity contribution in [1.29, 1.82) is 0 Å². The number of carbonyl (C=O) groups is 1. The molecule has 1 amide bonds. The molecule has 3 nitrogen and oxygen atoms in total. The summed E-state index contributed by atoms with van der Waals surface area (Å²) in [5, 5.41) is 6.25. The lowest BCUT2D eigenvalue weighted by atomic mass is 10.0. The summed E-state index contributed by atoms with van der Waals surface area (Å²) in [6.45, 7) is 6.11. The standard InChI is InChI=1S/C11H22N2O/c1-3-9(2)8-13-11(14)10-6-4-5-7-12-10/h9-10,12H,3-8H2,1-2H3,(H,13,14)/t9?,10-/m0/s1. The van der Waals surface area contributed by atoms with Gasteiger partial charge in [0.2, 0.25) is 5.91 Å². The van der Waals surface area contributed by atoms with E-state index in [1.807, 2.05) is 0 Å². The van der Waals surface area contributed by atoms with Gasteiger partial charge in [-0.15, -0.1) is 0 Å². The number of amides is 1. The molecule has 0 saturated carbocycles. The Labute approximate surface area is 86.6 Å². The van der Waals surface area contributed by atoms with E-state index in [0.717, 1.165) is 25.9 Å². The highest BCUT2D eigenvalue weighted by Gasteiger charge is 2.19. The molecule has 82 valence electrons. The van der Waals surface area contributed by atoms with Crippen molar-refractivity contribution in [2.75, 3.05) is 13.1 Å². The molecule has 0 aromatic heterocycles. The third-order valence-electron chi connectivity index (χ3n) is 2.95. The molecule has 0 aliphatic carbocycles. The Bertz CT molecular complexity index is 176. The minimum Gasteiger partial charge on any atom is -0.354 e. The van der Waals surface area contributed by atoms with Crippen LogP contribution in [0.3, 0.4) is 0 Å². The monoisotopic (exact) mass is 198 g/mol. The molecule has 1 saturated heterocycles. The van der Waals surface area contributed by atoms with Gasteiger partial charge in [-0.1, -0.05) is 26.7 Å². The number of piperidine rings is 1. The van der Waals surface area contributed by atoms with Crippen LogP contribution < -0.4 is 10.6 Å². The zero-order chi connectivity index (χ0) is 10.4. The number of carbonyl (C=O) groups excluding carboxylic acids is 1. The van der Waals surface area contributed by atoms with Crippen molar-refractivity contribution in [3.8, 4) is 0 Å². The number of nitrogens with one attached hydrogen (secondary N) is 2. The maximum atomic E-state index is 11.6. The summed E-state index contributed by atoms with van der Waals surface area (Å²) < 4.78 is 0. The van der Waals surface area contributed by atoms with Crippen molar-refractivity contribution < 1.29 is 4.79 Å². The lowest BCUT2D eigenvalue weighted by Crippen LogP contribution is -2.47. The quantitative estimate of drug-likeness (QED) is 0.714. The van der Waals surface area contributed by atoms with E-state index in [1.54, 1.807) is 0 Å². The third-order valence-corrected chi connectivity index (χ3v) is 2.95. The molecule has 1 heterocycles. The Morgan fingerprint density at radius 3 is 2.93 bits per heavy atom. The predicted octanol–water partition coefficient (Wildman–Crippen LogP) is 1.29. The molecule has 1 fully saturated rings. The van der Waals surface area contributed by atoms with Gasteiger partial charge in [0.05, 0.1) is 6.04 Å². The third kappa shape index (κ3) is 3.66. The van der Waals surface area contributed by atoms with E-state index in [-0.39, 0.29) is 11.9 Å². The predicted molar refractivity (Wildman–Crippen MR) is 58.1 cm³/mol. The Morgan fingerprint density at radius 1 is 1.57 bits per heavy atom. The molecule has 2 N–H and O–H groups in total. The van der Waals surface area contributed by atoms with Gasteiger partial charge >= 0.3 is 0 Å². The average molecular weight is 198 g/mol. The first kappa shape index (κ1) is 11.5. The van der Waals surface area contributed by atoms with Crippen LogP contribution in [0.4, 0.5) is 0 Å². The van der Waals surface area contributed by atoms with Crippen LogP contribution in [-0.2, 0) is 4.79 Å². The highest BCUT2D eigenvalue weighted by Crippen LogP contribution is 2.07. The second-order valence-electron chi connectivity index (χ2n) is 4.26. The van der Waals surface area contributed by atoms with Crippen LogP contribution in [-0.4, -0.2) is 25.0 Å². The second-order valence-corrected chi connectivity index (χ2v) is 4.26. The maximum absolute atomic E-state index is 11.6. The summed E-state index contributed by atoms with van der Waals surface area (Å²) in [7, 11) is 0. The van der Waals surface area contributed by atoms with Crippen molar-refractivity contribution in [3.63, 3.8) is 0 Å². The molecule has 1 rings (SSSR count). The van der Waals surface area contributed by atoms with Gasteiger partial charge in [0.25, 0.3) is 0 Å². The Morgan fingerprint density at radius 2 is 2.36 bits per heavy atom. The van der Waals surface area contributed by atoms with Crippen molar-refractivity contribution in [1.82, 2.24) is 10.6 Å². The number of hydrogen-bond donors (Lipinski definition) is 2. The van der Waals surface area contributed by atoms with Crippen molar-refractivity contribution in [2.24, 2.45) is 5.92 Å². The summed E-state index contributed by atoms with van der Waals surface area (Å²) in [6.07, 6.45) is 4.49. The van der Waals surface area contributed by atoms with Crippen LogP contribution in [0.5, 0.6) is 0 Å². The van der Waals surface area contributed by atoms with Crippen LogP contribution in [0, 0.1) is 5.92 Å². The molecule has 2 atom stereocenters. The largest absolute Gasteiger partial charge is 0.354 e. The van der Waals surface area contributed by atoms with Gasteiger partial charge in [0.15, 0.2) is 0 Å². The molecule has 14 heavy (non-hydrogen) atoms. The van der Waals surface area contributed by atoms with Crippen LogP contribution in [0.2, 0.25) is 0 Å². The minimum atomic E-state index is 0.0628. The molecule has 1 unspecified atom stereocenters. The van der Waals surface area contributed by atoms with Gasteiger partial charge in [-0.25, -0.2) is 0 Å². The van der Waals surface area contributed by atoms with Crippen LogP contribution in [0.25, 0.3) is 0 Å². The normalized spacial score (nSPS) is 24.3. The molecule has 0 radical (unpaired) electrons. The van der Waals surface area contributed by atoms with Gasteiger partial charge < -0.3 is 10.6 Å². The molecule has 0 aromatic carbocycles. The van der Waals surface area contributed by atoms with E-state index in [1.165, 1.54) is 12.8 Å². The topological polar surface area (TPSA) is 41.1 Å². The smallest absolute Gasteiger partial charge is 0.237 e. The second kappa shape index (κ2) is 6.02. The van der Waals surface area contributed by atoms with E-state index in [4.69, 9.17) is 0 Å². The van der Waals surface area contributed by atoms with Gasteiger partial charge in [-0.3, -0.25) is 4.79 Å². The molecule has 1 aliphatic rings. The SMILES string of the molecule is CCC(C)CNC(=O)[C@@H]1CCCCN1. The molecule has 0 bridgehead atoms. The average Bonchev–Trinajstić information content (AvgIpc) is 2.26. The lowest BCUT2D eigenvalue weighted by Gasteiger charge is -2.23. The zero-order valence-corrected chi connectivity index (χ0v) is 9.31. The van der Waals surface area contributed by atoms with Crippen molar-refractivity contribution >= 4 is 5.91 Å². The van der Waals surface area contributed by atoms with Gasteiger partial charge in [-0.05, 0) is 25.3 Å². The number of rotatable bonds is 4. The minimum absolute atomic E-state index is 0.0628. The molecule has 0 spiro atoms. The van der Waals surface area contributed by atoms with Gasteiger partial charge in [0.1, 0.15) is 0 Å². The molecule has 0 aromatic rings. The molecule has 1 aliphatic heterocycles. The highest BCUT2D eigenvalue weighted by atomic mass is 16.2.